The molecule has 0 amide bonds. The molecule has 0 spiro atoms. The molecule has 4 rings (SSSR count). The summed E-state index contributed by atoms with van der Waals surface area (Å²) in [6.07, 6.45) is 0. The van der Waals surface area contributed by atoms with Crippen LogP contribution in [0.4, 0.5) is 0 Å². The predicted molar refractivity (Wildman–Crippen MR) is 154 cm³/mol. The third kappa shape index (κ3) is 8.10. The third-order valence-electron chi connectivity index (χ3n) is 5.45. The van der Waals surface area contributed by atoms with Crippen LogP contribution in [0.5, 0.6) is 11.5 Å². The number of ether oxygens (including phenoxy) is 3. The van der Waals surface area contributed by atoms with Gasteiger partial charge in [-0.1, -0.05) is 24.3 Å². The molecule has 13 heteroatoms. The number of benzene rings is 2. The van der Waals surface area contributed by atoms with E-state index in [2.05, 4.69) is 46.8 Å². The molecule has 0 aliphatic rings. The number of carbonyl (C=O) groups is 1. The Morgan fingerprint density at radius 1 is 0.775 bits per heavy atom. The maximum atomic E-state index is 12.0. The molecule has 0 bridgehead atoms. The van der Waals surface area contributed by atoms with E-state index in [-0.39, 0.29) is 34.4 Å². The molecule has 11 nitrogen and oxygen atoms in total. The van der Waals surface area contributed by atoms with Crippen molar-refractivity contribution in [2.24, 2.45) is 0 Å². The van der Waals surface area contributed by atoms with Gasteiger partial charge >= 0.3 is 5.97 Å². The molecule has 2 aromatic heterocycles. The minimum Gasteiger partial charge on any atom is -0.497 e. The summed E-state index contributed by atoms with van der Waals surface area (Å²) < 4.78 is 17.9. The van der Waals surface area contributed by atoms with E-state index in [0.717, 1.165) is 22.6 Å². The van der Waals surface area contributed by atoms with Gasteiger partial charge in [0.25, 0.3) is 11.1 Å². The van der Waals surface area contributed by atoms with E-state index in [0.29, 0.717) is 16.7 Å². The molecule has 0 aliphatic carbocycles. The van der Waals surface area contributed by atoms with Crippen LogP contribution in [0, 0.1) is 0 Å². The normalized spacial score (nSPS) is 10.3. The van der Waals surface area contributed by atoms with Crippen molar-refractivity contribution < 1.29 is 24.1 Å². The van der Waals surface area contributed by atoms with E-state index < -0.39 is 5.97 Å². The van der Waals surface area contributed by atoms with Gasteiger partial charge in [0.1, 0.15) is 11.5 Å². The van der Waals surface area contributed by atoms with E-state index in [1.54, 1.807) is 26.4 Å². The number of halogens is 2. The summed E-state index contributed by atoms with van der Waals surface area (Å²) in [5.74, 6) is 0.886. The van der Waals surface area contributed by atoms with Crippen LogP contribution in [-0.4, -0.2) is 52.0 Å². The van der Waals surface area contributed by atoms with Crippen LogP contribution in [0.2, 0.25) is 0 Å². The number of methoxy groups -OCH3 is 3. The van der Waals surface area contributed by atoms with Crippen LogP contribution in [-0.2, 0) is 24.4 Å². The molecule has 0 atom stereocenters. The van der Waals surface area contributed by atoms with Crippen molar-refractivity contribution in [3.05, 3.63) is 113 Å². The van der Waals surface area contributed by atoms with Crippen LogP contribution in [0.1, 0.15) is 27.3 Å². The van der Waals surface area contributed by atoms with Gasteiger partial charge < -0.3 is 19.3 Å². The first-order valence-corrected chi connectivity index (χ1v) is 13.3. The van der Waals surface area contributed by atoms with Crippen molar-refractivity contribution >= 4 is 37.8 Å². The number of hydrogen-bond acceptors (Lipinski definition) is 9. The van der Waals surface area contributed by atoms with Crippen LogP contribution in [0.25, 0.3) is 0 Å². The summed E-state index contributed by atoms with van der Waals surface area (Å²) >= 11 is 6.30. The Kier molecular flexibility index (Phi) is 11.2. The van der Waals surface area contributed by atoms with Crippen molar-refractivity contribution in [1.29, 1.82) is 0 Å². The SMILES string of the molecule is COC(=O)c1cc(Br)c(=O)n(Cc2ccc(OC)cc2)n1.COc1ccc(Cn2nc(CO)cc(Br)c2=O)cc1. The summed E-state index contributed by atoms with van der Waals surface area (Å²) in [5, 5.41) is 17.2. The molecule has 0 fully saturated rings. The number of aromatic nitrogens is 4. The van der Waals surface area contributed by atoms with Crippen molar-refractivity contribution in [3.63, 3.8) is 0 Å². The van der Waals surface area contributed by atoms with Gasteiger partial charge in [-0.15, -0.1) is 0 Å². The van der Waals surface area contributed by atoms with E-state index in [1.807, 2.05) is 36.4 Å². The molecule has 2 aromatic carbocycles. The second kappa shape index (κ2) is 14.5. The zero-order chi connectivity index (χ0) is 29.2. The van der Waals surface area contributed by atoms with E-state index in [1.165, 1.54) is 28.6 Å². The molecule has 0 unspecified atom stereocenters. The van der Waals surface area contributed by atoms with Gasteiger partial charge in [0.2, 0.25) is 0 Å². The number of nitrogens with zero attached hydrogens (tertiary/aromatic N) is 4. The zero-order valence-electron chi connectivity index (χ0n) is 21.8. The van der Waals surface area contributed by atoms with Gasteiger partial charge in [0.05, 0.1) is 55.7 Å². The number of aliphatic hydroxyl groups excluding tert-OH is 1. The zero-order valence-corrected chi connectivity index (χ0v) is 25.0. The first-order chi connectivity index (χ1) is 19.2. The van der Waals surface area contributed by atoms with Crippen molar-refractivity contribution in [1.82, 2.24) is 19.6 Å². The largest absolute Gasteiger partial charge is 0.497 e. The fourth-order valence-electron chi connectivity index (χ4n) is 3.37. The summed E-state index contributed by atoms with van der Waals surface area (Å²) in [6, 6.07) is 17.5. The van der Waals surface area contributed by atoms with E-state index in [9.17, 15) is 14.4 Å². The topological polar surface area (TPSA) is 135 Å². The average Bonchev–Trinajstić information content (AvgIpc) is 2.98. The molecule has 4 aromatic rings. The van der Waals surface area contributed by atoms with Crippen LogP contribution in [0.3, 0.4) is 0 Å². The van der Waals surface area contributed by atoms with Crippen LogP contribution < -0.4 is 20.6 Å². The highest BCUT2D eigenvalue weighted by molar-refractivity contribution is 9.10. The lowest BCUT2D eigenvalue weighted by Crippen LogP contribution is -2.26. The number of aliphatic hydroxyl groups is 1. The van der Waals surface area contributed by atoms with E-state index in [4.69, 9.17) is 14.6 Å². The molecule has 0 saturated carbocycles. The number of hydrogen-bond donors (Lipinski definition) is 1. The van der Waals surface area contributed by atoms with Gasteiger partial charge in [-0.25, -0.2) is 14.2 Å². The predicted octanol–water partition coefficient (Wildman–Crippen LogP) is 3.40. The van der Waals surface area contributed by atoms with Gasteiger partial charge in [0.15, 0.2) is 5.69 Å². The Morgan fingerprint density at radius 3 is 1.65 bits per heavy atom. The second-order valence-corrected chi connectivity index (χ2v) is 9.84. The molecular weight excluding hydrogens is 652 g/mol. The Morgan fingerprint density at radius 2 is 1.23 bits per heavy atom. The van der Waals surface area contributed by atoms with Crippen LogP contribution >= 0.6 is 31.9 Å². The summed E-state index contributed by atoms with van der Waals surface area (Å²) in [6.45, 7) is 0.378. The lowest BCUT2D eigenvalue weighted by atomic mass is 10.2. The molecule has 2 heterocycles. The highest BCUT2D eigenvalue weighted by Gasteiger charge is 2.13. The maximum Gasteiger partial charge on any atom is 0.358 e. The number of rotatable bonds is 8. The highest BCUT2D eigenvalue weighted by atomic mass is 79.9. The summed E-state index contributed by atoms with van der Waals surface area (Å²) in [7, 11) is 4.44. The minimum absolute atomic E-state index is 0.0671. The molecule has 1 N–H and O–H groups in total. The molecule has 210 valence electrons. The molecular formula is C27H26Br2N4O7. The molecule has 0 aliphatic heterocycles. The summed E-state index contributed by atoms with van der Waals surface area (Å²) in [4.78, 5) is 35.5. The lowest BCUT2D eigenvalue weighted by Gasteiger charge is -2.08. The van der Waals surface area contributed by atoms with Gasteiger partial charge in [-0.3, -0.25) is 9.59 Å². The Labute approximate surface area is 246 Å². The van der Waals surface area contributed by atoms with Gasteiger partial charge in [0, 0.05) is 0 Å². The van der Waals surface area contributed by atoms with E-state index >= 15 is 0 Å². The molecule has 40 heavy (non-hydrogen) atoms. The standard InChI is InChI=1S/C14H13BrN2O4.C13H13BrN2O3/c1-20-10-5-3-9(4-6-10)8-17-13(18)11(15)7-12(16-17)14(19)21-2;1-19-11-4-2-9(3-5-11)7-16-13(18)12(14)6-10(8-17)15-16/h3-7H,8H2,1-2H3;2-6,17H,7-8H2,1H3. The minimum atomic E-state index is -0.598. The quantitative estimate of drug-likeness (QED) is 0.279. The fraction of sp³-hybridized carbons (Fsp3) is 0.222. The summed E-state index contributed by atoms with van der Waals surface area (Å²) in [5.41, 5.74) is 1.75. The number of carbonyl (C=O) groups excluding carboxylic acids is 1. The van der Waals surface area contributed by atoms with Crippen molar-refractivity contribution in [2.45, 2.75) is 19.7 Å². The number of esters is 1. The van der Waals surface area contributed by atoms with Gasteiger partial charge in [-0.2, -0.15) is 10.2 Å². The Balaban J connectivity index is 0.000000222. The van der Waals surface area contributed by atoms with Gasteiger partial charge in [-0.05, 0) is 79.4 Å². The Hall–Kier alpha value is -3.81. The third-order valence-corrected chi connectivity index (χ3v) is 6.59. The lowest BCUT2D eigenvalue weighted by molar-refractivity contribution is 0.0590. The monoisotopic (exact) mass is 676 g/mol. The first-order valence-electron chi connectivity index (χ1n) is 11.7. The first kappa shape index (κ1) is 30.7. The smallest absolute Gasteiger partial charge is 0.358 e. The van der Waals surface area contributed by atoms with Crippen LogP contribution in [0.15, 0.2) is 79.2 Å². The second-order valence-electron chi connectivity index (χ2n) is 8.13. The molecule has 0 saturated heterocycles. The fourth-order valence-corrected chi connectivity index (χ4v) is 4.26. The average molecular weight is 678 g/mol. The van der Waals surface area contributed by atoms with Crippen molar-refractivity contribution in [3.8, 4) is 11.5 Å². The Bertz CT molecular complexity index is 1570. The highest BCUT2D eigenvalue weighted by Crippen LogP contribution is 2.14. The van der Waals surface area contributed by atoms with Crippen molar-refractivity contribution in [2.75, 3.05) is 21.3 Å². The molecule has 0 radical (unpaired) electrons. The maximum absolute atomic E-state index is 12.0.